The number of ether oxygens (including phenoxy) is 2. The summed E-state index contributed by atoms with van der Waals surface area (Å²) in [7, 11) is 1.59. The number of fused-ring (bicyclic) bond motifs is 3. The summed E-state index contributed by atoms with van der Waals surface area (Å²) >= 11 is 1.24. The molecule has 0 saturated carbocycles. The van der Waals surface area contributed by atoms with Crippen molar-refractivity contribution in [3.05, 3.63) is 76.2 Å². The number of hydrogen-bond acceptors (Lipinski definition) is 8. The number of esters is 1. The molecule has 3 heterocycles. The molecule has 5 aromatic rings. The van der Waals surface area contributed by atoms with E-state index in [0.717, 1.165) is 5.56 Å². The Hall–Kier alpha value is -4.11. The Morgan fingerprint density at radius 3 is 2.50 bits per heavy atom. The van der Waals surface area contributed by atoms with Crippen LogP contribution in [0.4, 0.5) is 0 Å². The van der Waals surface area contributed by atoms with Crippen LogP contribution in [0.1, 0.15) is 23.0 Å². The molecule has 0 aliphatic heterocycles. The van der Waals surface area contributed by atoms with E-state index in [1.54, 1.807) is 33.1 Å². The summed E-state index contributed by atoms with van der Waals surface area (Å²) < 4.78 is 12.3. The van der Waals surface area contributed by atoms with Crippen LogP contribution in [-0.4, -0.2) is 39.7 Å². The topological polar surface area (TPSA) is 96.2 Å². The molecule has 34 heavy (non-hydrogen) atoms. The van der Waals surface area contributed by atoms with Gasteiger partial charge in [0.1, 0.15) is 20.8 Å². The second kappa shape index (κ2) is 8.68. The van der Waals surface area contributed by atoms with Crippen molar-refractivity contribution in [2.75, 3.05) is 13.7 Å². The first-order valence-electron chi connectivity index (χ1n) is 10.6. The van der Waals surface area contributed by atoms with E-state index in [0.29, 0.717) is 48.7 Å². The number of hydrogen-bond donors (Lipinski definition) is 0. The zero-order chi connectivity index (χ0) is 23.8. The average Bonchev–Trinajstić information content (AvgIpc) is 3.23. The highest BCUT2D eigenvalue weighted by Gasteiger charge is 2.26. The molecule has 9 heteroatoms. The van der Waals surface area contributed by atoms with Crippen molar-refractivity contribution in [2.24, 2.45) is 0 Å². The Morgan fingerprint density at radius 2 is 1.82 bits per heavy atom. The maximum absolute atomic E-state index is 13.4. The van der Waals surface area contributed by atoms with Crippen molar-refractivity contribution < 1.29 is 14.3 Å². The van der Waals surface area contributed by atoms with Gasteiger partial charge in [0.05, 0.1) is 30.7 Å². The summed E-state index contributed by atoms with van der Waals surface area (Å²) in [5, 5.41) is 9.20. The zero-order valence-electron chi connectivity index (χ0n) is 18.7. The summed E-state index contributed by atoms with van der Waals surface area (Å²) in [5.74, 6) is 0.203. The molecule has 0 unspecified atom stereocenters. The van der Waals surface area contributed by atoms with E-state index in [1.807, 2.05) is 42.5 Å². The number of rotatable bonds is 5. The van der Waals surface area contributed by atoms with E-state index in [2.05, 4.69) is 15.3 Å². The van der Waals surface area contributed by atoms with Gasteiger partial charge in [0.25, 0.3) is 5.56 Å². The van der Waals surface area contributed by atoms with Crippen LogP contribution in [0.3, 0.4) is 0 Å². The van der Waals surface area contributed by atoms with E-state index in [1.165, 1.54) is 16.0 Å². The van der Waals surface area contributed by atoms with E-state index >= 15 is 0 Å². The summed E-state index contributed by atoms with van der Waals surface area (Å²) in [6, 6.07) is 16.5. The first-order chi connectivity index (χ1) is 16.5. The number of para-hydroxylation sites is 1. The van der Waals surface area contributed by atoms with Gasteiger partial charge >= 0.3 is 5.97 Å². The predicted octanol–water partition coefficient (Wildman–Crippen LogP) is 4.55. The molecule has 8 nitrogen and oxygen atoms in total. The lowest BCUT2D eigenvalue weighted by Gasteiger charge is -2.13. The monoisotopic (exact) mass is 472 g/mol. The second-order valence-corrected chi connectivity index (χ2v) is 8.50. The fourth-order valence-electron chi connectivity index (χ4n) is 3.93. The summed E-state index contributed by atoms with van der Waals surface area (Å²) in [6.45, 7) is 3.74. The molecular formula is C25H20N4O4S. The van der Waals surface area contributed by atoms with Gasteiger partial charge in [-0.05, 0) is 43.7 Å². The third-order valence-corrected chi connectivity index (χ3v) is 6.54. The molecule has 3 aromatic heterocycles. The lowest BCUT2D eigenvalue weighted by molar-refractivity contribution is 0.0526. The molecule has 0 aliphatic carbocycles. The number of benzene rings is 2. The third kappa shape index (κ3) is 3.50. The molecule has 5 rings (SSSR count). The predicted molar refractivity (Wildman–Crippen MR) is 131 cm³/mol. The maximum Gasteiger partial charge on any atom is 0.340 e. The van der Waals surface area contributed by atoms with Crippen LogP contribution in [0.25, 0.3) is 37.2 Å². The normalized spacial score (nSPS) is 11.1. The number of thiophene rings is 1. The van der Waals surface area contributed by atoms with Gasteiger partial charge < -0.3 is 9.47 Å². The molecule has 170 valence electrons. The second-order valence-electron chi connectivity index (χ2n) is 7.50. The fourth-order valence-corrected chi connectivity index (χ4v) is 5.02. The van der Waals surface area contributed by atoms with Gasteiger partial charge in [0.2, 0.25) is 0 Å². The van der Waals surface area contributed by atoms with Crippen LogP contribution in [0, 0.1) is 6.92 Å². The lowest BCUT2D eigenvalue weighted by atomic mass is 9.95. The molecule has 0 aliphatic rings. The summed E-state index contributed by atoms with van der Waals surface area (Å²) in [4.78, 5) is 31.6. The Bertz CT molecular complexity index is 1590. The first kappa shape index (κ1) is 21.7. The Kier molecular flexibility index (Phi) is 5.54. The van der Waals surface area contributed by atoms with Gasteiger partial charge in [-0.2, -0.15) is 4.68 Å². The SMILES string of the molecule is CCOC(=O)c1c(C)nc2sc3c(=O)n(-c4ccccc4)nnc3c2c1-c1ccc(OC)cc1. The van der Waals surface area contributed by atoms with Gasteiger partial charge in [0.15, 0.2) is 0 Å². The minimum absolute atomic E-state index is 0.227. The molecule has 0 spiro atoms. The Morgan fingerprint density at radius 1 is 1.09 bits per heavy atom. The molecule has 0 amide bonds. The first-order valence-corrected chi connectivity index (χ1v) is 11.4. The van der Waals surface area contributed by atoms with Crippen LogP contribution in [0.15, 0.2) is 59.4 Å². The number of pyridine rings is 1. The van der Waals surface area contributed by atoms with Gasteiger partial charge in [-0.3, -0.25) is 4.79 Å². The number of aryl methyl sites for hydroxylation is 1. The largest absolute Gasteiger partial charge is 0.497 e. The van der Waals surface area contributed by atoms with Crippen molar-refractivity contribution >= 4 is 37.7 Å². The van der Waals surface area contributed by atoms with Crippen molar-refractivity contribution in [1.29, 1.82) is 0 Å². The molecule has 2 aromatic carbocycles. The van der Waals surface area contributed by atoms with Gasteiger partial charge in [-0.25, -0.2) is 9.78 Å². The number of aromatic nitrogens is 4. The molecule has 0 atom stereocenters. The van der Waals surface area contributed by atoms with Crippen molar-refractivity contribution in [2.45, 2.75) is 13.8 Å². The van der Waals surface area contributed by atoms with E-state index in [-0.39, 0.29) is 12.2 Å². The van der Waals surface area contributed by atoms with Crippen molar-refractivity contribution in [3.63, 3.8) is 0 Å². The zero-order valence-corrected chi connectivity index (χ0v) is 19.5. The van der Waals surface area contributed by atoms with Gasteiger partial charge in [-0.1, -0.05) is 35.5 Å². The lowest BCUT2D eigenvalue weighted by Crippen LogP contribution is -2.21. The third-order valence-electron chi connectivity index (χ3n) is 5.48. The number of carbonyl (C=O) groups is 1. The van der Waals surface area contributed by atoms with Crippen LogP contribution >= 0.6 is 11.3 Å². The van der Waals surface area contributed by atoms with Crippen LogP contribution in [-0.2, 0) is 4.74 Å². The quantitative estimate of drug-likeness (QED) is 0.346. The molecule has 0 saturated heterocycles. The summed E-state index contributed by atoms with van der Waals surface area (Å²) in [6.07, 6.45) is 0. The number of methoxy groups -OCH3 is 1. The highest BCUT2D eigenvalue weighted by Crippen LogP contribution is 2.40. The smallest absolute Gasteiger partial charge is 0.340 e. The number of carbonyl (C=O) groups excluding carboxylic acids is 1. The molecule has 0 fully saturated rings. The minimum Gasteiger partial charge on any atom is -0.497 e. The number of nitrogens with zero attached hydrogens (tertiary/aromatic N) is 4. The molecule has 0 N–H and O–H groups in total. The van der Waals surface area contributed by atoms with Gasteiger partial charge in [0, 0.05) is 10.9 Å². The van der Waals surface area contributed by atoms with E-state index in [4.69, 9.17) is 9.47 Å². The Labute approximate surface area is 198 Å². The van der Waals surface area contributed by atoms with E-state index < -0.39 is 5.97 Å². The average molecular weight is 473 g/mol. The van der Waals surface area contributed by atoms with Crippen molar-refractivity contribution in [1.82, 2.24) is 20.0 Å². The van der Waals surface area contributed by atoms with Crippen molar-refractivity contribution in [3.8, 4) is 22.6 Å². The fraction of sp³-hybridized carbons (Fsp3) is 0.160. The van der Waals surface area contributed by atoms with Crippen LogP contribution in [0.5, 0.6) is 5.75 Å². The molecule has 0 radical (unpaired) electrons. The van der Waals surface area contributed by atoms with Gasteiger partial charge in [-0.15, -0.1) is 16.4 Å². The minimum atomic E-state index is -0.481. The molecular weight excluding hydrogens is 452 g/mol. The van der Waals surface area contributed by atoms with Crippen LogP contribution in [0.2, 0.25) is 0 Å². The van der Waals surface area contributed by atoms with E-state index in [9.17, 15) is 9.59 Å². The van der Waals surface area contributed by atoms with Crippen LogP contribution < -0.4 is 10.3 Å². The highest BCUT2D eigenvalue weighted by molar-refractivity contribution is 7.25. The highest BCUT2D eigenvalue weighted by atomic mass is 32.1. The Balaban J connectivity index is 1.87. The standard InChI is InChI=1S/C25H20N4O4S/c1-4-33-25(31)18-14(2)26-23-20(19(18)15-10-12-17(32-3)13-11-15)21-22(34-23)24(30)29(28-27-21)16-8-6-5-7-9-16/h5-13H,4H2,1-3H3. The maximum atomic E-state index is 13.4. The summed E-state index contributed by atoms with van der Waals surface area (Å²) in [5.41, 5.74) is 2.95. The molecule has 0 bridgehead atoms.